The molecular formula is C15H17BrN2O2S. The van der Waals surface area contributed by atoms with E-state index in [-0.39, 0.29) is 5.91 Å². The zero-order chi connectivity index (χ0) is 14.8. The second-order valence-electron chi connectivity index (χ2n) is 5.25. The van der Waals surface area contributed by atoms with Crippen LogP contribution in [0.25, 0.3) is 10.1 Å². The minimum Gasteiger partial charge on any atom is -0.397 e. The summed E-state index contributed by atoms with van der Waals surface area (Å²) in [6.45, 7) is 2.21. The third-order valence-electron chi connectivity index (χ3n) is 3.71. The van der Waals surface area contributed by atoms with Gasteiger partial charge in [-0.2, -0.15) is 0 Å². The van der Waals surface area contributed by atoms with Crippen LogP contribution in [-0.2, 0) is 4.74 Å². The molecule has 1 unspecified atom stereocenters. The Morgan fingerprint density at radius 3 is 3.10 bits per heavy atom. The Labute approximate surface area is 135 Å². The Bertz CT molecular complexity index is 665. The standard InChI is InChI=1S/C15H17BrN2O2S/c16-10-4-1-5-11-12(10)13(17)14(21-11)15(19)18-7-9-3-2-6-20-8-9/h1,4-5,9H,2-3,6-8,17H2,(H,18,19). The largest absolute Gasteiger partial charge is 0.397 e. The Kier molecular flexibility index (Phi) is 4.47. The summed E-state index contributed by atoms with van der Waals surface area (Å²) >= 11 is 4.92. The third kappa shape index (κ3) is 3.07. The van der Waals surface area contributed by atoms with Crippen molar-refractivity contribution < 1.29 is 9.53 Å². The number of hydrogen-bond donors (Lipinski definition) is 2. The molecule has 0 bridgehead atoms. The van der Waals surface area contributed by atoms with Crippen molar-refractivity contribution in [2.75, 3.05) is 25.5 Å². The first-order valence-corrected chi connectivity index (χ1v) is 8.60. The van der Waals surface area contributed by atoms with E-state index in [1.807, 2.05) is 18.2 Å². The van der Waals surface area contributed by atoms with Crippen LogP contribution in [0.15, 0.2) is 22.7 Å². The van der Waals surface area contributed by atoms with E-state index in [0.717, 1.165) is 40.6 Å². The van der Waals surface area contributed by atoms with Gasteiger partial charge in [0.1, 0.15) is 4.88 Å². The van der Waals surface area contributed by atoms with Gasteiger partial charge in [-0.15, -0.1) is 11.3 Å². The van der Waals surface area contributed by atoms with Crippen LogP contribution in [0.1, 0.15) is 22.5 Å². The molecule has 1 amide bonds. The quantitative estimate of drug-likeness (QED) is 0.872. The number of rotatable bonds is 3. The number of carbonyl (C=O) groups is 1. The predicted molar refractivity (Wildman–Crippen MR) is 89.8 cm³/mol. The van der Waals surface area contributed by atoms with Crippen LogP contribution in [0, 0.1) is 5.92 Å². The van der Waals surface area contributed by atoms with Gasteiger partial charge in [0, 0.05) is 27.7 Å². The lowest BCUT2D eigenvalue weighted by atomic mass is 10.0. The maximum Gasteiger partial charge on any atom is 0.263 e. The summed E-state index contributed by atoms with van der Waals surface area (Å²) in [5.41, 5.74) is 6.70. The zero-order valence-electron chi connectivity index (χ0n) is 11.5. The van der Waals surface area contributed by atoms with Gasteiger partial charge in [0.15, 0.2) is 0 Å². The molecule has 3 N–H and O–H groups in total. The Morgan fingerprint density at radius 1 is 1.52 bits per heavy atom. The van der Waals surface area contributed by atoms with Crippen LogP contribution in [-0.4, -0.2) is 25.7 Å². The van der Waals surface area contributed by atoms with Crippen molar-refractivity contribution >= 4 is 48.9 Å². The van der Waals surface area contributed by atoms with Gasteiger partial charge >= 0.3 is 0 Å². The summed E-state index contributed by atoms with van der Waals surface area (Å²) < 4.78 is 7.37. The van der Waals surface area contributed by atoms with Crippen LogP contribution in [0.2, 0.25) is 0 Å². The Balaban J connectivity index is 1.75. The number of carbonyl (C=O) groups excluding carboxylic acids is 1. The molecule has 0 saturated carbocycles. The topological polar surface area (TPSA) is 64.4 Å². The minimum atomic E-state index is -0.0915. The molecule has 0 radical (unpaired) electrons. The molecule has 1 aliphatic heterocycles. The fraction of sp³-hybridized carbons (Fsp3) is 0.400. The van der Waals surface area contributed by atoms with Crippen LogP contribution in [0.5, 0.6) is 0 Å². The van der Waals surface area contributed by atoms with Gasteiger partial charge in [0.25, 0.3) is 5.91 Å². The number of anilines is 1. The first-order chi connectivity index (χ1) is 10.2. The smallest absolute Gasteiger partial charge is 0.263 e. The highest BCUT2D eigenvalue weighted by Gasteiger charge is 2.20. The van der Waals surface area contributed by atoms with Crippen LogP contribution in [0.4, 0.5) is 5.69 Å². The van der Waals surface area contributed by atoms with Gasteiger partial charge in [-0.25, -0.2) is 0 Å². The maximum atomic E-state index is 12.4. The zero-order valence-corrected chi connectivity index (χ0v) is 13.9. The van der Waals surface area contributed by atoms with Gasteiger partial charge in [0.2, 0.25) is 0 Å². The molecule has 1 aromatic heterocycles. The molecule has 2 aromatic rings. The van der Waals surface area contributed by atoms with E-state index < -0.39 is 0 Å². The molecule has 1 atom stereocenters. The van der Waals surface area contributed by atoms with E-state index in [9.17, 15) is 4.79 Å². The van der Waals surface area contributed by atoms with Crippen molar-refractivity contribution in [1.29, 1.82) is 0 Å². The molecule has 4 nitrogen and oxygen atoms in total. The lowest BCUT2D eigenvalue weighted by Gasteiger charge is -2.22. The second-order valence-corrected chi connectivity index (χ2v) is 7.16. The Morgan fingerprint density at radius 2 is 2.38 bits per heavy atom. The van der Waals surface area contributed by atoms with Crippen molar-refractivity contribution in [3.8, 4) is 0 Å². The monoisotopic (exact) mass is 368 g/mol. The molecule has 0 aliphatic carbocycles. The van der Waals surface area contributed by atoms with Crippen molar-refractivity contribution in [3.63, 3.8) is 0 Å². The van der Waals surface area contributed by atoms with E-state index >= 15 is 0 Å². The van der Waals surface area contributed by atoms with Crippen molar-refractivity contribution in [3.05, 3.63) is 27.5 Å². The molecule has 1 saturated heterocycles. The number of fused-ring (bicyclic) bond motifs is 1. The van der Waals surface area contributed by atoms with Crippen LogP contribution < -0.4 is 11.1 Å². The SMILES string of the molecule is Nc1c(C(=O)NCC2CCCOC2)sc2cccc(Br)c12. The number of halogens is 1. The molecule has 1 aromatic carbocycles. The molecule has 0 spiro atoms. The number of amides is 1. The van der Waals surface area contributed by atoms with E-state index in [2.05, 4.69) is 21.2 Å². The fourth-order valence-corrected chi connectivity index (χ4v) is 4.36. The lowest BCUT2D eigenvalue weighted by Crippen LogP contribution is -2.33. The van der Waals surface area contributed by atoms with E-state index in [1.54, 1.807) is 0 Å². The highest BCUT2D eigenvalue weighted by molar-refractivity contribution is 9.10. The second kappa shape index (κ2) is 6.34. The van der Waals surface area contributed by atoms with Gasteiger partial charge in [-0.05, 0) is 30.9 Å². The molecular weight excluding hydrogens is 352 g/mol. The molecule has 2 heterocycles. The van der Waals surface area contributed by atoms with Crippen molar-refractivity contribution in [2.45, 2.75) is 12.8 Å². The fourth-order valence-electron chi connectivity index (χ4n) is 2.58. The highest BCUT2D eigenvalue weighted by Crippen LogP contribution is 2.38. The molecule has 112 valence electrons. The maximum absolute atomic E-state index is 12.4. The number of nitrogens with two attached hydrogens (primary N) is 1. The first-order valence-electron chi connectivity index (χ1n) is 6.99. The van der Waals surface area contributed by atoms with E-state index in [4.69, 9.17) is 10.5 Å². The lowest BCUT2D eigenvalue weighted by molar-refractivity contribution is 0.0537. The molecule has 1 fully saturated rings. The van der Waals surface area contributed by atoms with Crippen molar-refractivity contribution in [2.24, 2.45) is 5.92 Å². The third-order valence-corrected chi connectivity index (χ3v) is 5.54. The summed E-state index contributed by atoms with van der Waals surface area (Å²) in [6, 6.07) is 5.86. The summed E-state index contributed by atoms with van der Waals surface area (Å²) in [5, 5.41) is 3.91. The van der Waals surface area contributed by atoms with Gasteiger partial charge in [-0.1, -0.05) is 22.0 Å². The number of thiophene rings is 1. The van der Waals surface area contributed by atoms with Crippen LogP contribution in [0.3, 0.4) is 0 Å². The summed E-state index contributed by atoms with van der Waals surface area (Å²) in [7, 11) is 0. The van der Waals surface area contributed by atoms with Gasteiger partial charge in [0.05, 0.1) is 12.3 Å². The molecule has 1 aliphatic rings. The highest BCUT2D eigenvalue weighted by atomic mass is 79.9. The summed E-state index contributed by atoms with van der Waals surface area (Å²) in [6.07, 6.45) is 2.17. The normalized spacial score (nSPS) is 18.8. The number of benzene rings is 1. The first kappa shape index (κ1) is 14.8. The van der Waals surface area contributed by atoms with Gasteiger partial charge in [-0.3, -0.25) is 4.79 Å². The average Bonchev–Trinajstić information content (AvgIpc) is 2.84. The summed E-state index contributed by atoms with van der Waals surface area (Å²) in [5.74, 6) is 0.316. The van der Waals surface area contributed by atoms with Crippen LogP contribution >= 0.6 is 27.3 Å². The summed E-state index contributed by atoms with van der Waals surface area (Å²) in [4.78, 5) is 12.9. The number of nitrogen functional groups attached to an aromatic ring is 1. The minimum absolute atomic E-state index is 0.0915. The average molecular weight is 369 g/mol. The van der Waals surface area contributed by atoms with E-state index in [1.165, 1.54) is 11.3 Å². The van der Waals surface area contributed by atoms with Gasteiger partial charge < -0.3 is 15.8 Å². The molecule has 21 heavy (non-hydrogen) atoms. The predicted octanol–water partition coefficient (Wildman–Crippen LogP) is 3.40. The number of ether oxygens (including phenoxy) is 1. The Hall–Kier alpha value is -1.11. The van der Waals surface area contributed by atoms with E-state index in [0.29, 0.717) is 23.0 Å². The molecule has 6 heteroatoms. The molecule has 3 rings (SSSR count). The number of nitrogens with one attached hydrogen (secondary N) is 1. The number of hydrogen-bond acceptors (Lipinski definition) is 4. The van der Waals surface area contributed by atoms with Crippen molar-refractivity contribution in [1.82, 2.24) is 5.32 Å².